The molecule has 6 nitrogen and oxygen atoms in total. The molecule has 1 aromatic heterocycles. The van der Waals surface area contributed by atoms with Crippen LogP contribution in [0.5, 0.6) is 0 Å². The Balaban J connectivity index is 2.34. The lowest BCUT2D eigenvalue weighted by Crippen LogP contribution is -2.28. The standard InChI is InChI=1S/C10H19N5O/c1-7-8(2)14-15-10(13-7)12-5-4-9(11)6-16-3/h9H,4-6,11H2,1-3H3,(H,12,13,15). The summed E-state index contributed by atoms with van der Waals surface area (Å²) >= 11 is 0. The molecule has 16 heavy (non-hydrogen) atoms. The van der Waals surface area contributed by atoms with Gasteiger partial charge in [0, 0.05) is 19.7 Å². The van der Waals surface area contributed by atoms with E-state index in [-0.39, 0.29) is 6.04 Å². The lowest BCUT2D eigenvalue weighted by molar-refractivity contribution is 0.178. The monoisotopic (exact) mass is 225 g/mol. The fraction of sp³-hybridized carbons (Fsp3) is 0.700. The zero-order chi connectivity index (χ0) is 12.0. The van der Waals surface area contributed by atoms with Crippen LogP contribution in [0.15, 0.2) is 0 Å². The zero-order valence-electron chi connectivity index (χ0n) is 10.0. The molecule has 0 saturated carbocycles. The Kier molecular flexibility index (Phi) is 5.07. The van der Waals surface area contributed by atoms with Crippen molar-refractivity contribution in [3.05, 3.63) is 11.4 Å². The Morgan fingerprint density at radius 3 is 2.69 bits per heavy atom. The van der Waals surface area contributed by atoms with E-state index in [4.69, 9.17) is 10.5 Å². The quantitative estimate of drug-likeness (QED) is 0.722. The lowest BCUT2D eigenvalue weighted by atomic mass is 10.2. The van der Waals surface area contributed by atoms with Gasteiger partial charge in [0.25, 0.3) is 0 Å². The number of nitrogens with one attached hydrogen (secondary N) is 1. The molecule has 1 atom stereocenters. The van der Waals surface area contributed by atoms with Gasteiger partial charge >= 0.3 is 0 Å². The van der Waals surface area contributed by atoms with Crippen LogP contribution in [-0.4, -0.2) is 41.5 Å². The number of ether oxygens (including phenoxy) is 1. The Bertz CT molecular complexity index is 331. The Hall–Kier alpha value is -1.27. The molecule has 1 rings (SSSR count). The van der Waals surface area contributed by atoms with E-state index in [1.807, 2.05) is 13.8 Å². The highest BCUT2D eigenvalue weighted by atomic mass is 16.5. The summed E-state index contributed by atoms with van der Waals surface area (Å²) < 4.78 is 4.94. The maximum Gasteiger partial charge on any atom is 0.242 e. The number of hydrogen-bond acceptors (Lipinski definition) is 6. The van der Waals surface area contributed by atoms with Gasteiger partial charge in [-0.2, -0.15) is 5.10 Å². The molecule has 90 valence electrons. The van der Waals surface area contributed by atoms with Gasteiger partial charge in [-0.1, -0.05) is 0 Å². The van der Waals surface area contributed by atoms with Crippen molar-refractivity contribution in [2.24, 2.45) is 5.73 Å². The number of aryl methyl sites for hydroxylation is 2. The third kappa shape index (κ3) is 4.08. The van der Waals surface area contributed by atoms with Crippen molar-refractivity contribution in [2.45, 2.75) is 26.3 Å². The summed E-state index contributed by atoms with van der Waals surface area (Å²) in [5, 5.41) is 11.0. The van der Waals surface area contributed by atoms with E-state index >= 15 is 0 Å². The van der Waals surface area contributed by atoms with Crippen molar-refractivity contribution in [3.63, 3.8) is 0 Å². The zero-order valence-corrected chi connectivity index (χ0v) is 10.0. The molecule has 6 heteroatoms. The first kappa shape index (κ1) is 12.8. The van der Waals surface area contributed by atoms with Crippen LogP contribution in [0.2, 0.25) is 0 Å². The summed E-state index contributed by atoms with van der Waals surface area (Å²) in [6.07, 6.45) is 0.810. The molecule has 0 aromatic carbocycles. The molecule has 0 aliphatic rings. The second kappa shape index (κ2) is 6.34. The normalized spacial score (nSPS) is 12.5. The molecular formula is C10H19N5O. The number of hydrogen-bond donors (Lipinski definition) is 2. The maximum absolute atomic E-state index is 5.78. The van der Waals surface area contributed by atoms with Crippen LogP contribution in [0.1, 0.15) is 17.8 Å². The smallest absolute Gasteiger partial charge is 0.242 e. The molecule has 0 fully saturated rings. The summed E-state index contributed by atoms with van der Waals surface area (Å²) in [5.74, 6) is 0.549. The van der Waals surface area contributed by atoms with Crippen molar-refractivity contribution in [2.75, 3.05) is 25.6 Å². The van der Waals surface area contributed by atoms with Gasteiger partial charge in [-0.3, -0.25) is 0 Å². The molecule has 3 N–H and O–H groups in total. The van der Waals surface area contributed by atoms with Crippen molar-refractivity contribution in [1.29, 1.82) is 0 Å². The van der Waals surface area contributed by atoms with Gasteiger partial charge in [-0.25, -0.2) is 4.98 Å². The van der Waals surface area contributed by atoms with Gasteiger partial charge in [0.05, 0.1) is 18.0 Å². The van der Waals surface area contributed by atoms with Crippen LogP contribution in [0.25, 0.3) is 0 Å². The molecule has 0 aliphatic heterocycles. The number of anilines is 1. The first-order valence-electron chi connectivity index (χ1n) is 5.29. The van der Waals surface area contributed by atoms with Crippen molar-refractivity contribution in [3.8, 4) is 0 Å². The minimum Gasteiger partial charge on any atom is -0.383 e. The van der Waals surface area contributed by atoms with Crippen LogP contribution in [0.3, 0.4) is 0 Å². The highest BCUT2D eigenvalue weighted by Crippen LogP contribution is 2.02. The van der Waals surface area contributed by atoms with Gasteiger partial charge in [-0.05, 0) is 20.3 Å². The van der Waals surface area contributed by atoms with Gasteiger partial charge in [-0.15, -0.1) is 5.10 Å². The molecule has 1 aromatic rings. The third-order valence-electron chi connectivity index (χ3n) is 2.27. The SMILES string of the molecule is COCC(N)CCNc1nnc(C)c(C)n1. The lowest BCUT2D eigenvalue weighted by Gasteiger charge is -2.10. The first-order valence-corrected chi connectivity index (χ1v) is 5.29. The highest BCUT2D eigenvalue weighted by molar-refractivity contribution is 5.24. The molecule has 0 spiro atoms. The van der Waals surface area contributed by atoms with Gasteiger partial charge in [0.2, 0.25) is 5.95 Å². The van der Waals surface area contributed by atoms with Crippen LogP contribution in [0, 0.1) is 13.8 Å². The average Bonchev–Trinajstić information content (AvgIpc) is 2.24. The van der Waals surface area contributed by atoms with E-state index in [2.05, 4.69) is 20.5 Å². The van der Waals surface area contributed by atoms with Crippen LogP contribution >= 0.6 is 0 Å². The third-order valence-corrected chi connectivity index (χ3v) is 2.27. The Morgan fingerprint density at radius 2 is 2.06 bits per heavy atom. The van der Waals surface area contributed by atoms with E-state index in [0.717, 1.165) is 17.8 Å². The minimum atomic E-state index is 0.0389. The summed E-state index contributed by atoms with van der Waals surface area (Å²) in [5.41, 5.74) is 7.52. The summed E-state index contributed by atoms with van der Waals surface area (Å²) in [4.78, 5) is 4.26. The van der Waals surface area contributed by atoms with E-state index in [0.29, 0.717) is 19.1 Å². The van der Waals surface area contributed by atoms with Gasteiger partial charge in [0.15, 0.2) is 0 Å². The predicted octanol–water partition coefficient (Wildman–Crippen LogP) is 0.264. The largest absolute Gasteiger partial charge is 0.383 e. The van der Waals surface area contributed by atoms with Crippen molar-refractivity contribution in [1.82, 2.24) is 15.2 Å². The number of nitrogens with two attached hydrogens (primary N) is 1. The molecule has 0 amide bonds. The molecule has 0 bridgehead atoms. The topological polar surface area (TPSA) is 86.0 Å². The molecule has 1 unspecified atom stereocenters. The fourth-order valence-electron chi connectivity index (χ4n) is 1.20. The van der Waals surface area contributed by atoms with E-state index in [1.54, 1.807) is 7.11 Å². The Labute approximate surface area is 95.6 Å². The van der Waals surface area contributed by atoms with Gasteiger partial charge < -0.3 is 15.8 Å². The predicted molar refractivity (Wildman–Crippen MR) is 62.3 cm³/mol. The number of aromatic nitrogens is 3. The number of rotatable bonds is 6. The van der Waals surface area contributed by atoms with E-state index in [9.17, 15) is 0 Å². The summed E-state index contributed by atoms with van der Waals surface area (Å²) in [7, 11) is 1.64. The van der Waals surface area contributed by atoms with Crippen LogP contribution in [0.4, 0.5) is 5.95 Å². The maximum atomic E-state index is 5.78. The molecular weight excluding hydrogens is 206 g/mol. The van der Waals surface area contributed by atoms with Crippen LogP contribution < -0.4 is 11.1 Å². The fourth-order valence-corrected chi connectivity index (χ4v) is 1.20. The average molecular weight is 225 g/mol. The Morgan fingerprint density at radius 1 is 1.31 bits per heavy atom. The summed E-state index contributed by atoms with van der Waals surface area (Å²) in [6, 6.07) is 0.0389. The van der Waals surface area contributed by atoms with Gasteiger partial charge in [0.1, 0.15) is 0 Å². The number of nitrogens with zero attached hydrogens (tertiary/aromatic N) is 3. The summed E-state index contributed by atoms with van der Waals surface area (Å²) in [6.45, 7) is 5.07. The second-order valence-corrected chi connectivity index (χ2v) is 3.74. The molecule has 0 saturated heterocycles. The highest BCUT2D eigenvalue weighted by Gasteiger charge is 2.03. The van der Waals surface area contributed by atoms with Crippen LogP contribution in [-0.2, 0) is 4.74 Å². The second-order valence-electron chi connectivity index (χ2n) is 3.74. The molecule has 0 aliphatic carbocycles. The van der Waals surface area contributed by atoms with Crippen molar-refractivity contribution >= 4 is 5.95 Å². The van der Waals surface area contributed by atoms with Crippen molar-refractivity contribution < 1.29 is 4.74 Å². The first-order chi connectivity index (χ1) is 7.63. The number of methoxy groups -OCH3 is 1. The van der Waals surface area contributed by atoms with E-state index < -0.39 is 0 Å². The molecule has 0 radical (unpaired) electrons. The molecule has 1 heterocycles. The van der Waals surface area contributed by atoms with E-state index in [1.165, 1.54) is 0 Å². The minimum absolute atomic E-state index is 0.0389.